The van der Waals surface area contributed by atoms with E-state index in [1.807, 2.05) is 13.8 Å². The second-order valence-corrected chi connectivity index (χ2v) is 7.80. The highest BCUT2D eigenvalue weighted by molar-refractivity contribution is 5.90. The Balaban J connectivity index is 1.80. The lowest BCUT2D eigenvalue weighted by Crippen LogP contribution is -2.46. The molecule has 0 bridgehead atoms. The molecule has 2 atom stereocenters. The molecule has 1 fully saturated rings. The van der Waals surface area contributed by atoms with Gasteiger partial charge in [0.25, 0.3) is 0 Å². The number of carbonyl (C=O) groups excluding carboxylic acids is 2. The summed E-state index contributed by atoms with van der Waals surface area (Å²) in [5, 5.41) is 3.01. The summed E-state index contributed by atoms with van der Waals surface area (Å²) in [5.74, 6) is 0.178. The van der Waals surface area contributed by atoms with E-state index in [-0.39, 0.29) is 23.8 Å². The average molecular weight is 450 g/mol. The molecule has 1 heterocycles. The highest BCUT2D eigenvalue weighted by Crippen LogP contribution is 2.25. The lowest BCUT2D eigenvalue weighted by atomic mass is 10.0. The van der Waals surface area contributed by atoms with Gasteiger partial charge in [-0.3, -0.25) is 4.79 Å². The van der Waals surface area contributed by atoms with Gasteiger partial charge in [-0.2, -0.15) is 0 Å². The number of amides is 1. The molecule has 8 nitrogen and oxygen atoms in total. The van der Waals surface area contributed by atoms with Gasteiger partial charge in [-0.05, 0) is 49.9 Å². The summed E-state index contributed by atoms with van der Waals surface area (Å²) in [4.78, 5) is 24.2. The fraction of sp³-hybridized carbons (Fsp3) is 0.583. The van der Waals surface area contributed by atoms with Crippen LogP contribution in [-0.2, 0) is 23.7 Å². The molecule has 1 N–H and O–H groups in total. The average Bonchev–Trinajstić information content (AvgIpc) is 2.80. The highest BCUT2D eigenvalue weighted by Gasteiger charge is 2.24. The van der Waals surface area contributed by atoms with Crippen LogP contribution < -0.4 is 10.1 Å². The van der Waals surface area contributed by atoms with Crippen molar-refractivity contribution in [3.05, 3.63) is 41.5 Å². The number of hydrogen-bond acceptors (Lipinski definition) is 7. The van der Waals surface area contributed by atoms with Crippen molar-refractivity contribution in [2.24, 2.45) is 5.92 Å². The minimum absolute atomic E-state index is 0.0336. The van der Waals surface area contributed by atoms with Crippen LogP contribution in [0.25, 0.3) is 0 Å². The standard InChI is InChI=1S/C24H35NO7/c1-5-8-29-15-21(25-23(26)19-7-6-9-30-14-19)16-31-10-11-32-22-17(2)12-20(13-18(22)3)24(27)28-4/h5,12-13,19,21H,1,6-11,14-16H2,2-4H3,(H,25,26)/t19?,21-/m1/s1. The second kappa shape index (κ2) is 13.9. The number of methoxy groups -OCH3 is 1. The number of nitrogens with one attached hydrogen (secondary N) is 1. The third-order valence-corrected chi connectivity index (χ3v) is 5.11. The van der Waals surface area contributed by atoms with Crippen LogP contribution in [0, 0.1) is 19.8 Å². The molecule has 1 aliphatic heterocycles. The molecule has 1 aromatic rings. The number of benzene rings is 1. The number of hydrogen-bond donors (Lipinski definition) is 1. The molecule has 0 aliphatic carbocycles. The van der Waals surface area contributed by atoms with Gasteiger partial charge in [-0.15, -0.1) is 6.58 Å². The number of esters is 1. The third-order valence-electron chi connectivity index (χ3n) is 5.11. The van der Waals surface area contributed by atoms with Crippen LogP contribution in [0.4, 0.5) is 0 Å². The third kappa shape index (κ3) is 8.26. The zero-order valence-electron chi connectivity index (χ0n) is 19.3. The van der Waals surface area contributed by atoms with E-state index in [1.165, 1.54) is 7.11 Å². The molecule has 1 amide bonds. The minimum atomic E-state index is -0.377. The smallest absolute Gasteiger partial charge is 0.337 e. The zero-order chi connectivity index (χ0) is 23.3. The van der Waals surface area contributed by atoms with E-state index in [1.54, 1.807) is 18.2 Å². The Bertz CT molecular complexity index is 736. The van der Waals surface area contributed by atoms with Gasteiger partial charge in [0, 0.05) is 6.61 Å². The van der Waals surface area contributed by atoms with Gasteiger partial charge in [0.15, 0.2) is 0 Å². The molecule has 0 spiro atoms. The first-order valence-electron chi connectivity index (χ1n) is 10.9. The molecule has 8 heteroatoms. The van der Waals surface area contributed by atoms with E-state index in [0.29, 0.717) is 51.8 Å². The molecule has 0 saturated carbocycles. The molecule has 0 radical (unpaired) electrons. The van der Waals surface area contributed by atoms with Crippen LogP contribution in [-0.4, -0.2) is 71.3 Å². The molecule has 178 valence electrons. The topological polar surface area (TPSA) is 92.3 Å². The number of aryl methyl sites for hydroxylation is 2. The Labute approximate surface area is 190 Å². The first-order chi connectivity index (χ1) is 15.5. The normalized spacial score (nSPS) is 16.8. The second-order valence-electron chi connectivity index (χ2n) is 7.80. The van der Waals surface area contributed by atoms with Gasteiger partial charge in [0.1, 0.15) is 12.4 Å². The Kier molecular flexibility index (Phi) is 11.2. The van der Waals surface area contributed by atoms with Crippen molar-refractivity contribution in [2.75, 3.05) is 53.4 Å². The van der Waals surface area contributed by atoms with Crippen molar-refractivity contribution in [1.82, 2.24) is 5.32 Å². The molecule has 1 aromatic carbocycles. The summed E-state index contributed by atoms with van der Waals surface area (Å²) in [7, 11) is 1.36. The molecule has 1 saturated heterocycles. The first kappa shape index (κ1) is 25.8. The molecule has 32 heavy (non-hydrogen) atoms. The summed E-state index contributed by atoms with van der Waals surface area (Å²) in [5.41, 5.74) is 2.19. The van der Waals surface area contributed by atoms with E-state index < -0.39 is 0 Å². The van der Waals surface area contributed by atoms with E-state index >= 15 is 0 Å². The Morgan fingerprint density at radius 1 is 1.22 bits per heavy atom. The summed E-state index contributed by atoms with van der Waals surface area (Å²) in [6, 6.07) is 3.21. The van der Waals surface area contributed by atoms with Crippen LogP contribution in [0.2, 0.25) is 0 Å². The zero-order valence-corrected chi connectivity index (χ0v) is 19.3. The Morgan fingerprint density at radius 3 is 2.56 bits per heavy atom. The van der Waals surface area contributed by atoms with Gasteiger partial charge in [-0.1, -0.05) is 6.08 Å². The number of carbonyl (C=O) groups is 2. The number of rotatable bonds is 13. The van der Waals surface area contributed by atoms with Crippen molar-refractivity contribution in [2.45, 2.75) is 32.7 Å². The minimum Gasteiger partial charge on any atom is -0.491 e. The predicted octanol–water partition coefficient (Wildman–Crippen LogP) is 2.60. The molecule has 0 aromatic heterocycles. The Hall–Kier alpha value is -2.42. The summed E-state index contributed by atoms with van der Waals surface area (Å²) in [6.07, 6.45) is 3.38. The predicted molar refractivity (Wildman–Crippen MR) is 120 cm³/mol. The van der Waals surface area contributed by atoms with Gasteiger partial charge in [0.2, 0.25) is 5.91 Å². The van der Waals surface area contributed by atoms with E-state index in [4.69, 9.17) is 23.7 Å². The maximum Gasteiger partial charge on any atom is 0.337 e. The highest BCUT2D eigenvalue weighted by atomic mass is 16.5. The van der Waals surface area contributed by atoms with Crippen molar-refractivity contribution >= 4 is 11.9 Å². The van der Waals surface area contributed by atoms with E-state index in [2.05, 4.69) is 11.9 Å². The molecule has 2 rings (SSSR count). The van der Waals surface area contributed by atoms with Crippen molar-refractivity contribution < 1.29 is 33.3 Å². The maximum atomic E-state index is 12.5. The van der Waals surface area contributed by atoms with Crippen LogP contribution in [0.3, 0.4) is 0 Å². The van der Waals surface area contributed by atoms with Gasteiger partial charge in [-0.25, -0.2) is 4.79 Å². The molecule has 1 aliphatic rings. The summed E-state index contributed by atoms with van der Waals surface area (Å²) < 4.78 is 27.3. The van der Waals surface area contributed by atoms with Crippen LogP contribution in [0.1, 0.15) is 34.3 Å². The molecular formula is C24H35NO7. The summed E-state index contributed by atoms with van der Waals surface area (Å²) >= 11 is 0. The first-order valence-corrected chi connectivity index (χ1v) is 10.9. The van der Waals surface area contributed by atoms with Crippen molar-refractivity contribution in [1.29, 1.82) is 0 Å². The summed E-state index contributed by atoms with van der Waals surface area (Å²) in [6.45, 7) is 10.3. The lowest BCUT2D eigenvalue weighted by Gasteiger charge is -2.25. The SMILES string of the molecule is C=CCOC[C@H](COCCOc1c(C)cc(C(=O)OC)cc1C)NC(=O)C1CCCOC1. The van der Waals surface area contributed by atoms with Crippen molar-refractivity contribution in [3.63, 3.8) is 0 Å². The number of ether oxygens (including phenoxy) is 5. The fourth-order valence-electron chi connectivity index (χ4n) is 3.53. The van der Waals surface area contributed by atoms with Gasteiger partial charge in [0.05, 0.1) is 57.7 Å². The Morgan fingerprint density at radius 2 is 1.94 bits per heavy atom. The molecule has 1 unspecified atom stereocenters. The van der Waals surface area contributed by atoms with Gasteiger partial charge >= 0.3 is 5.97 Å². The maximum absolute atomic E-state index is 12.5. The molecular weight excluding hydrogens is 414 g/mol. The monoisotopic (exact) mass is 449 g/mol. The fourth-order valence-corrected chi connectivity index (χ4v) is 3.53. The van der Waals surface area contributed by atoms with E-state index in [0.717, 1.165) is 29.7 Å². The van der Waals surface area contributed by atoms with Crippen LogP contribution >= 0.6 is 0 Å². The lowest BCUT2D eigenvalue weighted by molar-refractivity contribution is -0.130. The largest absolute Gasteiger partial charge is 0.491 e. The van der Waals surface area contributed by atoms with Gasteiger partial charge < -0.3 is 29.0 Å². The van der Waals surface area contributed by atoms with E-state index in [9.17, 15) is 9.59 Å². The van der Waals surface area contributed by atoms with Crippen LogP contribution in [0.5, 0.6) is 5.75 Å². The van der Waals surface area contributed by atoms with Crippen LogP contribution in [0.15, 0.2) is 24.8 Å². The van der Waals surface area contributed by atoms with Crippen molar-refractivity contribution in [3.8, 4) is 5.75 Å². The quantitative estimate of drug-likeness (QED) is 0.281.